The van der Waals surface area contributed by atoms with Crippen LogP contribution in [0.2, 0.25) is 5.02 Å². The third-order valence-corrected chi connectivity index (χ3v) is 7.86. The van der Waals surface area contributed by atoms with Gasteiger partial charge in [0, 0.05) is 52.6 Å². The van der Waals surface area contributed by atoms with E-state index < -0.39 is 11.8 Å². The number of nitrogens with zero attached hydrogens (tertiary/aromatic N) is 2. The first kappa shape index (κ1) is 23.7. The van der Waals surface area contributed by atoms with E-state index in [2.05, 4.69) is 15.5 Å². The van der Waals surface area contributed by atoms with Crippen LogP contribution in [0.25, 0.3) is 32.9 Å². The number of piperidine rings is 1. The minimum atomic E-state index is -0.434. The summed E-state index contributed by atoms with van der Waals surface area (Å²) in [6.07, 6.45) is 4.08. The average Bonchev–Trinajstić information content (AvgIpc) is 3.35. The quantitative estimate of drug-likeness (QED) is 0.352. The number of benzene rings is 3. The Bertz CT molecular complexity index is 1600. The van der Waals surface area contributed by atoms with Crippen LogP contribution in [0, 0.1) is 0 Å². The Balaban J connectivity index is 1.43. The molecule has 3 aromatic carbocycles. The van der Waals surface area contributed by atoms with Crippen molar-refractivity contribution in [3.63, 3.8) is 0 Å². The van der Waals surface area contributed by atoms with E-state index in [0.717, 1.165) is 36.1 Å². The molecule has 37 heavy (non-hydrogen) atoms. The molecular weight excluding hydrogens is 488 g/mol. The predicted octanol–water partition coefficient (Wildman–Crippen LogP) is 5.35. The molecule has 0 unspecified atom stereocenters. The maximum Gasteiger partial charge on any atom is 0.259 e. The zero-order valence-corrected chi connectivity index (χ0v) is 21.3. The van der Waals surface area contributed by atoms with Crippen LogP contribution in [0.3, 0.4) is 0 Å². The van der Waals surface area contributed by atoms with Gasteiger partial charge in [-0.1, -0.05) is 36.2 Å². The van der Waals surface area contributed by atoms with Gasteiger partial charge in [0.25, 0.3) is 11.8 Å². The summed E-state index contributed by atoms with van der Waals surface area (Å²) >= 11 is 6.49. The van der Waals surface area contributed by atoms with E-state index >= 15 is 0 Å². The molecule has 2 N–H and O–H groups in total. The molecule has 4 aromatic rings. The summed E-state index contributed by atoms with van der Waals surface area (Å²) in [7, 11) is 1.93. The van der Waals surface area contributed by atoms with E-state index in [9.17, 15) is 14.4 Å². The van der Waals surface area contributed by atoms with Crippen molar-refractivity contribution < 1.29 is 14.4 Å². The number of anilines is 1. The van der Waals surface area contributed by atoms with Crippen LogP contribution in [0.1, 0.15) is 46.4 Å². The third-order valence-electron chi connectivity index (χ3n) is 7.53. The number of hydrogen-bond donors (Lipinski definition) is 2. The highest BCUT2D eigenvalue weighted by Crippen LogP contribution is 2.42. The number of aryl methyl sites for hydroxylation is 1. The van der Waals surface area contributed by atoms with Crippen molar-refractivity contribution in [3.8, 4) is 11.1 Å². The van der Waals surface area contributed by atoms with Gasteiger partial charge in [-0.05, 0) is 61.8 Å². The number of carbonyl (C=O) groups excluding carboxylic acids is 3. The Labute approximate surface area is 219 Å². The summed E-state index contributed by atoms with van der Waals surface area (Å²) in [5, 5.41) is 7.49. The van der Waals surface area contributed by atoms with E-state index in [4.69, 9.17) is 11.6 Å². The molecule has 1 saturated heterocycles. The number of rotatable bonds is 5. The molecular formula is C29H27ClN4O3. The molecule has 0 radical (unpaired) electrons. The van der Waals surface area contributed by atoms with Crippen molar-refractivity contribution in [1.29, 1.82) is 0 Å². The topological polar surface area (TPSA) is 83.4 Å². The molecule has 1 fully saturated rings. The molecule has 1 aromatic heterocycles. The molecule has 2 aliphatic heterocycles. The molecule has 0 spiro atoms. The number of fused-ring (bicyclic) bond motifs is 5. The zero-order chi connectivity index (χ0) is 25.7. The van der Waals surface area contributed by atoms with Gasteiger partial charge < -0.3 is 14.8 Å². The van der Waals surface area contributed by atoms with Gasteiger partial charge in [0.2, 0.25) is 5.91 Å². The van der Waals surface area contributed by atoms with Crippen LogP contribution < -0.4 is 10.6 Å². The van der Waals surface area contributed by atoms with Crippen LogP contribution >= 0.6 is 11.6 Å². The van der Waals surface area contributed by atoms with Gasteiger partial charge in [0.1, 0.15) is 0 Å². The van der Waals surface area contributed by atoms with E-state index in [1.807, 2.05) is 54.1 Å². The van der Waals surface area contributed by atoms with Gasteiger partial charge in [0.05, 0.1) is 16.6 Å². The molecule has 0 bridgehead atoms. The Morgan fingerprint density at radius 3 is 2.49 bits per heavy atom. The van der Waals surface area contributed by atoms with Crippen LogP contribution in [0.15, 0.2) is 48.5 Å². The fraction of sp³-hybridized carbons (Fsp3) is 0.276. The molecule has 3 amide bonds. The number of halogens is 1. The molecule has 2 aliphatic rings. The van der Waals surface area contributed by atoms with Crippen LogP contribution in [0.4, 0.5) is 5.69 Å². The summed E-state index contributed by atoms with van der Waals surface area (Å²) in [5.74, 6) is -0.900. The van der Waals surface area contributed by atoms with Gasteiger partial charge in [-0.3, -0.25) is 19.7 Å². The number of hydrogen-bond acceptors (Lipinski definition) is 4. The van der Waals surface area contributed by atoms with E-state index in [-0.39, 0.29) is 5.91 Å². The minimum Gasteiger partial charge on any atom is -0.344 e. The average molecular weight is 515 g/mol. The Morgan fingerprint density at radius 1 is 0.946 bits per heavy atom. The van der Waals surface area contributed by atoms with Gasteiger partial charge in [0.15, 0.2) is 0 Å². The standard InChI is InChI=1S/C29H27ClN4O3/c1-33-22-10-9-17(31-24(35)11-14-34-12-5-2-6-13-34)15-20(22)25-23(33)16-19(18-7-3-4-8-21(18)30)26-27(25)29(37)32-28(26)36/h3-4,7-10,15-16H,2,5-6,11-14H2,1H3,(H,31,35)(H,32,36,37). The second-order valence-electron chi connectivity index (χ2n) is 9.82. The molecule has 0 atom stereocenters. The molecule has 3 heterocycles. The molecule has 7 nitrogen and oxygen atoms in total. The molecule has 188 valence electrons. The normalized spacial score (nSPS) is 15.8. The van der Waals surface area contributed by atoms with Gasteiger partial charge in [-0.2, -0.15) is 0 Å². The number of amides is 3. The second kappa shape index (κ2) is 9.32. The first-order valence-electron chi connectivity index (χ1n) is 12.6. The third kappa shape index (κ3) is 4.08. The maximum atomic E-state index is 13.1. The number of aromatic nitrogens is 1. The summed E-state index contributed by atoms with van der Waals surface area (Å²) in [4.78, 5) is 41.1. The van der Waals surface area contributed by atoms with Crippen molar-refractivity contribution >= 4 is 56.8 Å². The van der Waals surface area contributed by atoms with Crippen molar-refractivity contribution in [3.05, 3.63) is 64.7 Å². The summed E-state index contributed by atoms with van der Waals surface area (Å²) in [6, 6.07) is 14.9. The highest BCUT2D eigenvalue weighted by Gasteiger charge is 2.34. The van der Waals surface area contributed by atoms with Crippen LogP contribution in [-0.2, 0) is 11.8 Å². The Morgan fingerprint density at radius 2 is 1.70 bits per heavy atom. The Kier molecular flexibility index (Phi) is 5.97. The number of imide groups is 1. The lowest BCUT2D eigenvalue weighted by Gasteiger charge is -2.25. The first-order chi connectivity index (χ1) is 17.9. The van der Waals surface area contributed by atoms with Crippen molar-refractivity contribution in [2.45, 2.75) is 25.7 Å². The maximum absolute atomic E-state index is 13.1. The largest absolute Gasteiger partial charge is 0.344 e. The van der Waals surface area contributed by atoms with Gasteiger partial charge >= 0.3 is 0 Å². The zero-order valence-electron chi connectivity index (χ0n) is 20.6. The molecule has 0 aliphatic carbocycles. The van der Waals surface area contributed by atoms with Crippen molar-refractivity contribution in [2.75, 3.05) is 25.0 Å². The lowest BCUT2D eigenvalue weighted by atomic mass is 9.93. The first-order valence-corrected chi connectivity index (χ1v) is 13.0. The number of nitrogens with one attached hydrogen (secondary N) is 2. The van der Waals surface area contributed by atoms with E-state index in [0.29, 0.717) is 44.8 Å². The fourth-order valence-electron chi connectivity index (χ4n) is 5.69. The SMILES string of the molecule is Cn1c2ccc(NC(=O)CCN3CCCCC3)cc2c2c3c(c(-c4ccccc4Cl)cc21)C(=O)NC3=O. The molecule has 8 heteroatoms. The summed E-state index contributed by atoms with van der Waals surface area (Å²) in [6.45, 7) is 2.86. The van der Waals surface area contributed by atoms with Gasteiger partial charge in [-0.25, -0.2) is 0 Å². The second-order valence-corrected chi connectivity index (χ2v) is 10.2. The Hall–Kier alpha value is -3.68. The molecule has 6 rings (SSSR count). The van der Waals surface area contributed by atoms with Gasteiger partial charge in [-0.15, -0.1) is 0 Å². The van der Waals surface area contributed by atoms with Crippen LogP contribution in [0.5, 0.6) is 0 Å². The summed E-state index contributed by atoms with van der Waals surface area (Å²) in [5.41, 5.74) is 4.35. The lowest BCUT2D eigenvalue weighted by Crippen LogP contribution is -2.32. The minimum absolute atomic E-state index is 0.0377. The van der Waals surface area contributed by atoms with Crippen molar-refractivity contribution in [2.24, 2.45) is 7.05 Å². The predicted molar refractivity (Wildman–Crippen MR) is 146 cm³/mol. The lowest BCUT2D eigenvalue weighted by molar-refractivity contribution is -0.116. The highest BCUT2D eigenvalue weighted by atomic mass is 35.5. The molecule has 0 saturated carbocycles. The van der Waals surface area contributed by atoms with Crippen molar-refractivity contribution in [1.82, 2.24) is 14.8 Å². The number of carbonyl (C=O) groups is 3. The monoisotopic (exact) mass is 514 g/mol. The fourth-order valence-corrected chi connectivity index (χ4v) is 5.93. The van der Waals surface area contributed by atoms with Crippen LogP contribution in [-0.4, -0.2) is 46.8 Å². The van der Waals surface area contributed by atoms with E-state index in [1.165, 1.54) is 19.3 Å². The summed E-state index contributed by atoms with van der Waals surface area (Å²) < 4.78 is 2.00. The highest BCUT2D eigenvalue weighted by molar-refractivity contribution is 6.36. The smallest absolute Gasteiger partial charge is 0.259 e. The van der Waals surface area contributed by atoms with E-state index in [1.54, 1.807) is 6.07 Å². The number of likely N-dealkylation sites (tertiary alicyclic amines) is 1.